The van der Waals surface area contributed by atoms with Gasteiger partial charge < -0.3 is 10.6 Å². The van der Waals surface area contributed by atoms with Gasteiger partial charge in [0.1, 0.15) is 17.7 Å². The molecular formula is C26H26FN5O. The highest BCUT2D eigenvalue weighted by Gasteiger charge is 2.23. The van der Waals surface area contributed by atoms with E-state index in [0.717, 1.165) is 23.1 Å². The van der Waals surface area contributed by atoms with E-state index in [1.807, 2.05) is 26.2 Å². The average Bonchev–Trinajstić information content (AvgIpc) is 3.25. The second-order valence-corrected chi connectivity index (χ2v) is 7.97. The largest absolute Gasteiger partial charge is 0.309 e. The topological polar surface area (TPSA) is 71.8 Å². The number of carbonyl (C=O) groups is 1. The molecule has 6 nitrogen and oxygen atoms in total. The van der Waals surface area contributed by atoms with Crippen molar-refractivity contribution in [1.29, 1.82) is 0 Å². The van der Waals surface area contributed by atoms with Crippen LogP contribution < -0.4 is 10.6 Å². The summed E-state index contributed by atoms with van der Waals surface area (Å²) >= 11 is 0. The predicted octanol–water partition coefficient (Wildman–Crippen LogP) is 4.44. The Morgan fingerprint density at radius 3 is 2.48 bits per heavy atom. The van der Waals surface area contributed by atoms with Crippen molar-refractivity contribution in [1.82, 2.24) is 20.1 Å². The van der Waals surface area contributed by atoms with Gasteiger partial charge in [0, 0.05) is 42.7 Å². The summed E-state index contributed by atoms with van der Waals surface area (Å²) in [4.78, 5) is 17.5. The van der Waals surface area contributed by atoms with Gasteiger partial charge in [-0.1, -0.05) is 48.0 Å². The molecule has 0 radical (unpaired) electrons. The quantitative estimate of drug-likeness (QED) is 0.422. The molecule has 2 heterocycles. The molecule has 0 spiro atoms. The minimum Gasteiger partial charge on any atom is -0.309 e. The first-order valence-electron chi connectivity index (χ1n) is 10.8. The molecule has 2 aromatic heterocycles. The van der Waals surface area contributed by atoms with Gasteiger partial charge in [-0.2, -0.15) is 5.10 Å². The van der Waals surface area contributed by atoms with Gasteiger partial charge in [-0.25, -0.2) is 9.37 Å². The van der Waals surface area contributed by atoms with Crippen LogP contribution >= 0.6 is 0 Å². The number of benzene rings is 2. The Hall–Kier alpha value is -3.84. The fourth-order valence-electron chi connectivity index (χ4n) is 3.58. The van der Waals surface area contributed by atoms with Crippen LogP contribution in [0.15, 0.2) is 79.3 Å². The van der Waals surface area contributed by atoms with Crippen LogP contribution in [0, 0.1) is 12.7 Å². The van der Waals surface area contributed by atoms with Crippen molar-refractivity contribution < 1.29 is 9.18 Å². The number of aryl methyl sites for hydroxylation is 2. The monoisotopic (exact) mass is 443 g/mol. The van der Waals surface area contributed by atoms with Gasteiger partial charge in [-0.15, -0.1) is 0 Å². The summed E-state index contributed by atoms with van der Waals surface area (Å²) in [7, 11) is 1.85. The number of nitrogens with zero attached hydrogens (tertiary/aromatic N) is 3. The Labute approximate surface area is 192 Å². The first-order valence-corrected chi connectivity index (χ1v) is 10.8. The van der Waals surface area contributed by atoms with Crippen LogP contribution in [0.25, 0.3) is 11.1 Å². The van der Waals surface area contributed by atoms with Crippen LogP contribution in [0.2, 0.25) is 0 Å². The fourth-order valence-corrected chi connectivity index (χ4v) is 3.58. The Kier molecular flexibility index (Phi) is 6.90. The smallest absolute Gasteiger partial charge is 0.247 e. The third kappa shape index (κ3) is 5.70. The molecule has 0 unspecified atom stereocenters. The lowest BCUT2D eigenvalue weighted by Gasteiger charge is -2.19. The van der Waals surface area contributed by atoms with Crippen LogP contribution in [0.5, 0.6) is 0 Å². The summed E-state index contributed by atoms with van der Waals surface area (Å²) in [6, 6.07) is 17.3. The maximum Gasteiger partial charge on any atom is 0.247 e. The maximum atomic E-state index is 14.5. The zero-order valence-corrected chi connectivity index (χ0v) is 18.6. The van der Waals surface area contributed by atoms with Crippen LogP contribution in [-0.2, 0) is 18.3 Å². The predicted molar refractivity (Wildman–Crippen MR) is 127 cm³/mol. The fraction of sp³-hybridized carbons (Fsp3) is 0.192. The van der Waals surface area contributed by atoms with Gasteiger partial charge in [0.05, 0.1) is 6.20 Å². The molecule has 0 saturated carbocycles. The van der Waals surface area contributed by atoms with Crippen LogP contribution in [0.4, 0.5) is 10.2 Å². The molecule has 1 atom stereocenters. The Morgan fingerprint density at radius 1 is 1.03 bits per heavy atom. The van der Waals surface area contributed by atoms with E-state index in [1.165, 1.54) is 11.6 Å². The molecule has 0 aliphatic rings. The lowest BCUT2D eigenvalue weighted by atomic mass is 10.0. The summed E-state index contributed by atoms with van der Waals surface area (Å²) in [5.41, 5.74) is 4.46. The number of halogens is 1. The summed E-state index contributed by atoms with van der Waals surface area (Å²) in [6.45, 7) is 2.56. The van der Waals surface area contributed by atoms with E-state index < -0.39 is 11.9 Å². The lowest BCUT2D eigenvalue weighted by Crippen LogP contribution is -2.35. The second-order valence-electron chi connectivity index (χ2n) is 7.97. The van der Waals surface area contributed by atoms with E-state index in [1.54, 1.807) is 41.3 Å². The lowest BCUT2D eigenvalue weighted by molar-refractivity contribution is -0.118. The van der Waals surface area contributed by atoms with E-state index >= 15 is 0 Å². The molecule has 1 amide bonds. The van der Waals surface area contributed by atoms with Crippen molar-refractivity contribution in [3.63, 3.8) is 0 Å². The molecule has 0 aliphatic carbocycles. The van der Waals surface area contributed by atoms with E-state index in [0.29, 0.717) is 17.9 Å². The Morgan fingerprint density at radius 2 is 1.82 bits per heavy atom. The number of rotatable bonds is 8. The van der Waals surface area contributed by atoms with E-state index in [2.05, 4.69) is 45.0 Å². The van der Waals surface area contributed by atoms with E-state index in [9.17, 15) is 9.18 Å². The second kappa shape index (κ2) is 10.2. The van der Waals surface area contributed by atoms with Gasteiger partial charge in [-0.3, -0.25) is 9.48 Å². The zero-order chi connectivity index (χ0) is 23.2. The highest BCUT2D eigenvalue weighted by Crippen LogP contribution is 2.21. The normalized spacial score (nSPS) is 11.8. The highest BCUT2D eigenvalue weighted by molar-refractivity contribution is 5.95. The summed E-state index contributed by atoms with van der Waals surface area (Å²) in [5, 5.41) is 10.2. The number of pyridine rings is 1. The number of amides is 1. The van der Waals surface area contributed by atoms with Gasteiger partial charge in [-0.05, 0) is 37.1 Å². The molecule has 2 N–H and O–H groups in total. The number of hydrogen-bond donors (Lipinski definition) is 2. The number of anilines is 1. The van der Waals surface area contributed by atoms with Crippen LogP contribution in [0.1, 0.15) is 22.7 Å². The van der Waals surface area contributed by atoms with Gasteiger partial charge in [0.25, 0.3) is 0 Å². The van der Waals surface area contributed by atoms with Crippen molar-refractivity contribution in [2.24, 2.45) is 7.05 Å². The number of nitrogens with one attached hydrogen (secondary N) is 2. The maximum absolute atomic E-state index is 14.5. The molecular weight excluding hydrogens is 417 g/mol. The minimum atomic E-state index is -0.851. The van der Waals surface area contributed by atoms with Crippen molar-refractivity contribution >= 4 is 11.7 Å². The molecule has 4 rings (SSSR count). The molecule has 0 aliphatic heterocycles. The van der Waals surface area contributed by atoms with E-state index in [4.69, 9.17) is 0 Å². The number of aromatic nitrogens is 3. The third-order valence-corrected chi connectivity index (χ3v) is 5.41. The summed E-state index contributed by atoms with van der Waals surface area (Å²) in [6.07, 6.45) is 6.04. The molecule has 33 heavy (non-hydrogen) atoms. The standard InChI is InChI=1S/C26H26FN5O/c1-18-7-9-19(10-8-18)13-14-28-25(22-5-3-4-6-23(22)27)26(33)31-24-12-11-20(15-29-24)21-16-30-32(2)17-21/h3-12,15-17,25,28H,13-14H2,1-2H3,(H,29,31,33)/t25-/m1/s1. The first-order chi connectivity index (χ1) is 16.0. The van der Waals surface area contributed by atoms with Gasteiger partial charge in [0.2, 0.25) is 5.91 Å². The average molecular weight is 444 g/mol. The van der Waals surface area contributed by atoms with E-state index in [-0.39, 0.29) is 5.91 Å². The van der Waals surface area contributed by atoms with Crippen molar-refractivity contribution in [3.8, 4) is 11.1 Å². The third-order valence-electron chi connectivity index (χ3n) is 5.41. The van der Waals surface area contributed by atoms with Crippen molar-refractivity contribution in [2.75, 3.05) is 11.9 Å². The molecule has 0 saturated heterocycles. The van der Waals surface area contributed by atoms with Crippen molar-refractivity contribution in [3.05, 3.63) is 102 Å². The highest BCUT2D eigenvalue weighted by atomic mass is 19.1. The first kappa shape index (κ1) is 22.4. The summed E-state index contributed by atoms with van der Waals surface area (Å²) < 4.78 is 16.2. The summed E-state index contributed by atoms with van der Waals surface area (Å²) in [5.74, 6) is -0.402. The van der Waals surface area contributed by atoms with Gasteiger partial charge >= 0.3 is 0 Å². The van der Waals surface area contributed by atoms with Crippen LogP contribution in [0.3, 0.4) is 0 Å². The zero-order valence-electron chi connectivity index (χ0n) is 18.6. The van der Waals surface area contributed by atoms with Crippen molar-refractivity contribution in [2.45, 2.75) is 19.4 Å². The Bertz CT molecular complexity index is 1220. The number of carbonyl (C=O) groups excluding carboxylic acids is 1. The SMILES string of the molecule is Cc1ccc(CCN[C@@H](C(=O)Nc2ccc(-c3cnn(C)c3)cn2)c2ccccc2F)cc1. The number of hydrogen-bond acceptors (Lipinski definition) is 4. The molecule has 7 heteroatoms. The minimum absolute atomic E-state index is 0.297. The Balaban J connectivity index is 1.46. The molecule has 0 fully saturated rings. The molecule has 2 aromatic carbocycles. The molecule has 168 valence electrons. The molecule has 4 aromatic rings. The van der Waals surface area contributed by atoms with Crippen LogP contribution in [-0.4, -0.2) is 27.2 Å². The molecule has 0 bridgehead atoms. The van der Waals surface area contributed by atoms with Gasteiger partial charge in [0.15, 0.2) is 0 Å².